The van der Waals surface area contributed by atoms with Gasteiger partial charge in [-0.2, -0.15) is 0 Å². The maximum Gasteiger partial charge on any atom is 0.125 e. The summed E-state index contributed by atoms with van der Waals surface area (Å²) in [5.74, 6) is 1.29. The van der Waals surface area contributed by atoms with Gasteiger partial charge in [-0.15, -0.1) is 0 Å². The first-order valence-electron chi connectivity index (χ1n) is 7.06. The van der Waals surface area contributed by atoms with Gasteiger partial charge in [0.25, 0.3) is 0 Å². The van der Waals surface area contributed by atoms with Crippen LogP contribution in [0.3, 0.4) is 0 Å². The first kappa shape index (κ1) is 14.6. The zero-order valence-corrected chi connectivity index (χ0v) is 12.3. The Morgan fingerprint density at radius 2 is 1.60 bits per heavy atom. The molecule has 0 saturated heterocycles. The molecule has 2 nitrogen and oxygen atoms in total. The van der Waals surface area contributed by atoms with Crippen LogP contribution in [-0.4, -0.2) is 5.11 Å². The smallest absolute Gasteiger partial charge is 0.125 e. The predicted octanol–water partition coefficient (Wildman–Crippen LogP) is 4.44. The fourth-order valence-electron chi connectivity index (χ4n) is 2.12. The molecule has 2 aromatic rings. The van der Waals surface area contributed by atoms with Crippen molar-refractivity contribution in [2.24, 2.45) is 0 Å². The molecule has 0 fully saturated rings. The Labute approximate surface area is 121 Å². The fourth-order valence-corrected chi connectivity index (χ4v) is 2.12. The summed E-state index contributed by atoms with van der Waals surface area (Å²) in [4.78, 5) is 0. The molecule has 0 spiro atoms. The molecule has 0 aliphatic heterocycles. The summed E-state index contributed by atoms with van der Waals surface area (Å²) in [6.45, 7) is 6.64. The van der Waals surface area contributed by atoms with Gasteiger partial charge in [-0.25, -0.2) is 0 Å². The number of hydrogen-bond acceptors (Lipinski definition) is 2. The van der Waals surface area contributed by atoms with Crippen molar-refractivity contribution in [2.45, 2.75) is 39.4 Å². The van der Waals surface area contributed by atoms with Gasteiger partial charge in [0.05, 0.1) is 6.10 Å². The zero-order valence-electron chi connectivity index (χ0n) is 12.3. The van der Waals surface area contributed by atoms with E-state index in [9.17, 15) is 5.11 Å². The first-order chi connectivity index (χ1) is 9.58. The Hall–Kier alpha value is -1.80. The summed E-state index contributed by atoms with van der Waals surface area (Å²) < 4.78 is 5.82. The standard InChI is InChI=1S/C18H22O2/c1-13(2)16-10-8-15(9-11-16)12-20-18-7-5-4-6-17(18)14(3)19/h4-11,13-14,19H,12H2,1-3H3. The summed E-state index contributed by atoms with van der Waals surface area (Å²) in [5, 5.41) is 9.72. The highest BCUT2D eigenvalue weighted by Crippen LogP contribution is 2.25. The van der Waals surface area contributed by atoms with Crippen molar-refractivity contribution in [1.82, 2.24) is 0 Å². The summed E-state index contributed by atoms with van der Waals surface area (Å²) in [6.07, 6.45) is -0.519. The average molecular weight is 270 g/mol. The van der Waals surface area contributed by atoms with Crippen LogP contribution in [0.2, 0.25) is 0 Å². The summed E-state index contributed by atoms with van der Waals surface area (Å²) in [7, 11) is 0. The number of hydrogen-bond donors (Lipinski definition) is 1. The summed E-state index contributed by atoms with van der Waals surface area (Å²) in [6, 6.07) is 16.1. The van der Waals surface area contributed by atoms with Gasteiger partial charge in [0.15, 0.2) is 0 Å². The van der Waals surface area contributed by atoms with Crippen LogP contribution in [-0.2, 0) is 6.61 Å². The lowest BCUT2D eigenvalue weighted by Gasteiger charge is -2.13. The molecule has 0 aliphatic carbocycles. The number of benzene rings is 2. The maximum absolute atomic E-state index is 9.72. The van der Waals surface area contributed by atoms with Gasteiger partial charge in [-0.3, -0.25) is 0 Å². The van der Waals surface area contributed by atoms with E-state index < -0.39 is 6.10 Å². The Bertz CT molecular complexity index is 542. The van der Waals surface area contributed by atoms with E-state index in [1.54, 1.807) is 6.92 Å². The van der Waals surface area contributed by atoms with Crippen LogP contribution in [0, 0.1) is 0 Å². The Balaban J connectivity index is 2.05. The third-order valence-corrected chi connectivity index (χ3v) is 3.41. The number of aliphatic hydroxyl groups is 1. The fraction of sp³-hybridized carbons (Fsp3) is 0.333. The van der Waals surface area contributed by atoms with Crippen LogP contribution in [0.1, 0.15) is 49.5 Å². The maximum atomic E-state index is 9.72. The molecular weight excluding hydrogens is 248 g/mol. The number of ether oxygens (including phenoxy) is 1. The van der Waals surface area contributed by atoms with E-state index in [0.29, 0.717) is 12.5 Å². The topological polar surface area (TPSA) is 29.5 Å². The van der Waals surface area contributed by atoms with Crippen molar-refractivity contribution in [3.63, 3.8) is 0 Å². The van der Waals surface area contributed by atoms with Crippen molar-refractivity contribution < 1.29 is 9.84 Å². The summed E-state index contributed by atoms with van der Waals surface area (Å²) >= 11 is 0. The lowest BCUT2D eigenvalue weighted by Crippen LogP contribution is -2.01. The van der Waals surface area contributed by atoms with Gasteiger partial charge < -0.3 is 9.84 Å². The molecule has 106 valence electrons. The highest BCUT2D eigenvalue weighted by Gasteiger charge is 2.08. The lowest BCUT2D eigenvalue weighted by molar-refractivity contribution is 0.190. The van der Waals surface area contributed by atoms with Crippen LogP contribution in [0.25, 0.3) is 0 Å². The molecule has 1 unspecified atom stereocenters. The van der Waals surface area contributed by atoms with Gasteiger partial charge in [-0.1, -0.05) is 56.3 Å². The molecule has 0 bridgehead atoms. The van der Waals surface area contributed by atoms with Crippen molar-refractivity contribution in [1.29, 1.82) is 0 Å². The molecule has 0 aliphatic rings. The Morgan fingerprint density at radius 1 is 0.950 bits per heavy atom. The molecular formula is C18H22O2. The average Bonchev–Trinajstić information content (AvgIpc) is 2.45. The number of para-hydroxylation sites is 1. The third kappa shape index (κ3) is 3.61. The van der Waals surface area contributed by atoms with E-state index in [4.69, 9.17) is 4.74 Å². The van der Waals surface area contributed by atoms with E-state index in [1.807, 2.05) is 24.3 Å². The SMILES string of the molecule is CC(C)c1ccc(COc2ccccc2C(C)O)cc1. The molecule has 0 saturated carbocycles. The van der Waals surface area contributed by atoms with Crippen molar-refractivity contribution >= 4 is 0 Å². The number of aliphatic hydroxyl groups excluding tert-OH is 1. The van der Waals surface area contributed by atoms with Gasteiger partial charge in [0.1, 0.15) is 12.4 Å². The van der Waals surface area contributed by atoms with Crippen molar-refractivity contribution in [3.8, 4) is 5.75 Å². The highest BCUT2D eigenvalue weighted by molar-refractivity contribution is 5.35. The Kier molecular flexibility index (Phi) is 4.80. The second-order valence-corrected chi connectivity index (χ2v) is 5.40. The predicted molar refractivity (Wildman–Crippen MR) is 81.9 cm³/mol. The van der Waals surface area contributed by atoms with Crippen molar-refractivity contribution in [3.05, 3.63) is 65.2 Å². The molecule has 2 aromatic carbocycles. The second kappa shape index (κ2) is 6.58. The monoisotopic (exact) mass is 270 g/mol. The molecule has 2 rings (SSSR count). The second-order valence-electron chi connectivity index (χ2n) is 5.40. The first-order valence-corrected chi connectivity index (χ1v) is 7.06. The largest absolute Gasteiger partial charge is 0.489 e. The molecule has 0 aromatic heterocycles. The molecule has 0 radical (unpaired) electrons. The molecule has 1 N–H and O–H groups in total. The van der Waals surface area contributed by atoms with Crippen LogP contribution in [0.4, 0.5) is 0 Å². The molecule has 2 heteroatoms. The molecule has 20 heavy (non-hydrogen) atoms. The van der Waals surface area contributed by atoms with Crippen LogP contribution >= 0.6 is 0 Å². The van der Waals surface area contributed by atoms with Gasteiger partial charge >= 0.3 is 0 Å². The van der Waals surface area contributed by atoms with Crippen LogP contribution < -0.4 is 4.74 Å². The minimum absolute atomic E-state index is 0.516. The summed E-state index contributed by atoms with van der Waals surface area (Å²) in [5.41, 5.74) is 3.29. The quantitative estimate of drug-likeness (QED) is 0.870. The number of rotatable bonds is 5. The van der Waals surface area contributed by atoms with Gasteiger partial charge in [-0.05, 0) is 30.0 Å². The minimum atomic E-state index is -0.519. The molecule has 0 amide bonds. The zero-order chi connectivity index (χ0) is 14.5. The molecule has 0 heterocycles. The van der Waals surface area contributed by atoms with Gasteiger partial charge in [0, 0.05) is 5.56 Å². The normalized spacial score (nSPS) is 12.4. The van der Waals surface area contributed by atoms with Crippen LogP contribution in [0.5, 0.6) is 5.75 Å². The van der Waals surface area contributed by atoms with Crippen LogP contribution in [0.15, 0.2) is 48.5 Å². The molecule has 1 atom stereocenters. The third-order valence-electron chi connectivity index (χ3n) is 3.41. The lowest BCUT2D eigenvalue weighted by atomic mass is 10.0. The van der Waals surface area contributed by atoms with Gasteiger partial charge in [0.2, 0.25) is 0 Å². The highest BCUT2D eigenvalue weighted by atomic mass is 16.5. The van der Waals surface area contributed by atoms with E-state index in [1.165, 1.54) is 5.56 Å². The van der Waals surface area contributed by atoms with E-state index in [0.717, 1.165) is 16.9 Å². The van der Waals surface area contributed by atoms with Crippen molar-refractivity contribution in [2.75, 3.05) is 0 Å². The van der Waals surface area contributed by atoms with E-state index >= 15 is 0 Å². The minimum Gasteiger partial charge on any atom is -0.489 e. The van der Waals surface area contributed by atoms with E-state index in [2.05, 4.69) is 38.1 Å². The Morgan fingerprint density at radius 3 is 2.20 bits per heavy atom. The van der Waals surface area contributed by atoms with E-state index in [-0.39, 0.29) is 0 Å².